The molecule has 0 saturated carbocycles. The summed E-state index contributed by atoms with van der Waals surface area (Å²) >= 11 is 0. The molecular formula is C21H31FN4O2Si. The normalized spacial score (nSPS) is 13.2. The van der Waals surface area contributed by atoms with Crippen molar-refractivity contribution in [2.45, 2.75) is 58.8 Å². The number of nitrogens with zero attached hydrogens (tertiary/aromatic N) is 4. The van der Waals surface area contributed by atoms with Crippen molar-refractivity contribution in [3.63, 3.8) is 0 Å². The van der Waals surface area contributed by atoms with Crippen molar-refractivity contribution in [1.29, 1.82) is 0 Å². The van der Waals surface area contributed by atoms with Gasteiger partial charge in [0.15, 0.2) is 14.1 Å². The first-order valence-electron chi connectivity index (χ1n) is 9.85. The number of halogens is 1. The number of likely N-dealkylation sites (N-methyl/N-ethyl adjacent to an activating group) is 1. The molecule has 6 nitrogen and oxygen atoms in total. The second-order valence-electron chi connectivity index (χ2n) is 8.63. The third-order valence-corrected chi connectivity index (χ3v) is 9.99. The molecule has 0 spiro atoms. The zero-order chi connectivity index (χ0) is 21.8. The number of carbonyl (C=O) groups excluding carboxylic acids is 1. The standard InChI is InChI=1S/C21H31FN4O2Si/c1-8-26(15(2)14-28-29(6,7)21(3,4)5)20(27)17-12-16(22)13-25-18(17)19-23-10-9-11-24-19/h9-13,15H,8,14H2,1-7H3/t15-/m0/s1. The molecular weight excluding hydrogens is 387 g/mol. The summed E-state index contributed by atoms with van der Waals surface area (Å²) in [7, 11) is -1.94. The van der Waals surface area contributed by atoms with Crippen LogP contribution >= 0.6 is 0 Å². The van der Waals surface area contributed by atoms with Crippen LogP contribution in [0.3, 0.4) is 0 Å². The first-order valence-corrected chi connectivity index (χ1v) is 12.8. The maximum atomic E-state index is 13.9. The van der Waals surface area contributed by atoms with Gasteiger partial charge in [-0.3, -0.25) is 4.79 Å². The summed E-state index contributed by atoms with van der Waals surface area (Å²) in [6.45, 7) is 15.6. The molecule has 2 rings (SSSR count). The van der Waals surface area contributed by atoms with E-state index in [9.17, 15) is 9.18 Å². The minimum Gasteiger partial charge on any atom is -0.415 e. The number of hydrogen-bond donors (Lipinski definition) is 0. The van der Waals surface area contributed by atoms with Gasteiger partial charge in [-0.05, 0) is 44.1 Å². The fraction of sp³-hybridized carbons (Fsp3) is 0.524. The molecule has 0 unspecified atom stereocenters. The molecule has 2 aromatic rings. The van der Waals surface area contributed by atoms with Gasteiger partial charge in [0, 0.05) is 18.9 Å². The molecule has 0 fully saturated rings. The molecule has 0 saturated heterocycles. The van der Waals surface area contributed by atoms with Gasteiger partial charge in [0.05, 0.1) is 24.4 Å². The van der Waals surface area contributed by atoms with Crippen molar-refractivity contribution in [2.75, 3.05) is 13.2 Å². The van der Waals surface area contributed by atoms with E-state index >= 15 is 0 Å². The zero-order valence-electron chi connectivity index (χ0n) is 18.4. The van der Waals surface area contributed by atoms with Gasteiger partial charge in [-0.2, -0.15) is 0 Å². The van der Waals surface area contributed by atoms with E-state index in [-0.39, 0.29) is 34.1 Å². The van der Waals surface area contributed by atoms with Crippen LogP contribution in [0.2, 0.25) is 18.1 Å². The Labute approximate surface area is 173 Å². The van der Waals surface area contributed by atoms with Gasteiger partial charge in [0.25, 0.3) is 5.91 Å². The van der Waals surface area contributed by atoms with Crippen LogP contribution in [0.25, 0.3) is 11.5 Å². The van der Waals surface area contributed by atoms with Crippen LogP contribution in [0.1, 0.15) is 45.0 Å². The monoisotopic (exact) mass is 418 g/mol. The summed E-state index contributed by atoms with van der Waals surface area (Å²) in [4.78, 5) is 27.4. The minimum absolute atomic E-state index is 0.0814. The summed E-state index contributed by atoms with van der Waals surface area (Å²) in [5, 5.41) is 0.0814. The van der Waals surface area contributed by atoms with Crippen molar-refractivity contribution >= 4 is 14.2 Å². The Balaban J connectivity index is 2.29. The van der Waals surface area contributed by atoms with Crippen LogP contribution in [0.4, 0.5) is 4.39 Å². The highest BCUT2D eigenvalue weighted by Gasteiger charge is 2.38. The second kappa shape index (κ2) is 9.09. The molecule has 0 aliphatic rings. The van der Waals surface area contributed by atoms with Gasteiger partial charge in [-0.25, -0.2) is 19.3 Å². The Bertz CT molecular complexity index is 840. The maximum absolute atomic E-state index is 13.9. The highest BCUT2D eigenvalue weighted by molar-refractivity contribution is 6.74. The number of hydrogen-bond acceptors (Lipinski definition) is 5. The fourth-order valence-corrected chi connectivity index (χ4v) is 3.74. The fourth-order valence-electron chi connectivity index (χ4n) is 2.65. The highest BCUT2D eigenvalue weighted by Crippen LogP contribution is 2.36. The largest absolute Gasteiger partial charge is 0.415 e. The molecule has 29 heavy (non-hydrogen) atoms. The molecule has 0 radical (unpaired) electrons. The minimum atomic E-state index is -1.94. The quantitative estimate of drug-likeness (QED) is 0.617. The average Bonchev–Trinajstić information content (AvgIpc) is 2.66. The number of pyridine rings is 1. The number of aromatic nitrogens is 3. The lowest BCUT2D eigenvalue weighted by molar-refractivity contribution is 0.0640. The van der Waals surface area contributed by atoms with E-state index in [2.05, 4.69) is 48.8 Å². The molecule has 158 valence electrons. The first kappa shape index (κ1) is 23.1. The predicted molar refractivity (Wildman–Crippen MR) is 115 cm³/mol. The summed E-state index contributed by atoms with van der Waals surface area (Å²) in [6.07, 6.45) is 4.20. The second-order valence-corrected chi connectivity index (χ2v) is 13.4. The summed E-state index contributed by atoms with van der Waals surface area (Å²) in [5.74, 6) is -0.598. The molecule has 2 aromatic heterocycles. The number of carbonyl (C=O) groups is 1. The predicted octanol–water partition coefficient (Wildman–Crippen LogP) is 4.55. The molecule has 1 amide bonds. The molecule has 0 aliphatic carbocycles. The van der Waals surface area contributed by atoms with Crippen molar-refractivity contribution < 1.29 is 13.6 Å². The Morgan fingerprint density at radius 3 is 2.41 bits per heavy atom. The van der Waals surface area contributed by atoms with E-state index in [1.165, 1.54) is 6.07 Å². The van der Waals surface area contributed by atoms with Crippen LogP contribution in [0, 0.1) is 5.82 Å². The van der Waals surface area contributed by atoms with Crippen LogP contribution in [-0.2, 0) is 4.43 Å². The van der Waals surface area contributed by atoms with Gasteiger partial charge in [0.1, 0.15) is 11.5 Å². The first-order chi connectivity index (χ1) is 13.5. The molecule has 0 aliphatic heterocycles. The van der Waals surface area contributed by atoms with E-state index in [0.29, 0.717) is 13.2 Å². The molecule has 1 atom stereocenters. The van der Waals surface area contributed by atoms with E-state index in [4.69, 9.17) is 4.43 Å². The maximum Gasteiger partial charge on any atom is 0.256 e. The molecule has 0 bridgehead atoms. The van der Waals surface area contributed by atoms with E-state index in [1.54, 1.807) is 23.4 Å². The number of rotatable bonds is 7. The average molecular weight is 419 g/mol. The Hall–Kier alpha value is -2.19. The molecule has 2 heterocycles. The van der Waals surface area contributed by atoms with Gasteiger partial charge >= 0.3 is 0 Å². The zero-order valence-corrected chi connectivity index (χ0v) is 19.4. The Morgan fingerprint density at radius 1 is 1.24 bits per heavy atom. The van der Waals surface area contributed by atoms with Gasteiger partial charge in [0.2, 0.25) is 0 Å². The molecule has 0 N–H and O–H groups in total. The van der Waals surface area contributed by atoms with Crippen molar-refractivity contribution in [1.82, 2.24) is 19.9 Å². The van der Waals surface area contributed by atoms with Crippen LogP contribution < -0.4 is 0 Å². The summed E-state index contributed by atoms with van der Waals surface area (Å²) in [6, 6.07) is 2.70. The number of amides is 1. The third kappa shape index (κ3) is 5.45. The van der Waals surface area contributed by atoms with E-state index in [0.717, 1.165) is 6.20 Å². The summed E-state index contributed by atoms with van der Waals surface area (Å²) in [5.41, 5.74) is 0.421. The molecule has 8 heteroatoms. The highest BCUT2D eigenvalue weighted by atomic mass is 28.4. The topological polar surface area (TPSA) is 68.2 Å². The smallest absolute Gasteiger partial charge is 0.256 e. The lowest BCUT2D eigenvalue weighted by Crippen LogP contribution is -2.47. The lowest BCUT2D eigenvalue weighted by Gasteiger charge is -2.38. The van der Waals surface area contributed by atoms with Crippen molar-refractivity contribution in [3.8, 4) is 11.5 Å². The summed E-state index contributed by atoms with van der Waals surface area (Å²) < 4.78 is 20.2. The molecule has 0 aromatic carbocycles. The SMILES string of the molecule is CCN(C(=O)c1cc(F)cnc1-c1ncccn1)[C@@H](C)CO[Si](C)(C)C(C)(C)C. The Morgan fingerprint density at radius 2 is 1.86 bits per heavy atom. The van der Waals surface area contributed by atoms with Crippen molar-refractivity contribution in [3.05, 3.63) is 42.1 Å². The van der Waals surface area contributed by atoms with Crippen LogP contribution in [0.5, 0.6) is 0 Å². The third-order valence-electron chi connectivity index (χ3n) is 5.49. The van der Waals surface area contributed by atoms with Gasteiger partial charge < -0.3 is 9.33 Å². The van der Waals surface area contributed by atoms with Gasteiger partial charge in [-0.15, -0.1) is 0 Å². The van der Waals surface area contributed by atoms with Gasteiger partial charge in [-0.1, -0.05) is 20.8 Å². The van der Waals surface area contributed by atoms with E-state index in [1.807, 2.05) is 13.8 Å². The lowest BCUT2D eigenvalue weighted by atomic mass is 10.1. The van der Waals surface area contributed by atoms with Crippen LogP contribution in [-0.4, -0.2) is 53.3 Å². The van der Waals surface area contributed by atoms with E-state index < -0.39 is 14.1 Å². The van der Waals surface area contributed by atoms with Crippen molar-refractivity contribution in [2.24, 2.45) is 0 Å². The Kier molecular flexibility index (Phi) is 7.23. The van der Waals surface area contributed by atoms with Crippen LogP contribution in [0.15, 0.2) is 30.7 Å².